The summed E-state index contributed by atoms with van der Waals surface area (Å²) in [5, 5.41) is 12.2. The zero-order valence-electron chi connectivity index (χ0n) is 31.4. The van der Waals surface area contributed by atoms with E-state index < -0.39 is 37.3 Å². The van der Waals surface area contributed by atoms with Crippen LogP contribution in [0.5, 0.6) is 0 Å². The molecule has 2 aliphatic heterocycles. The van der Waals surface area contributed by atoms with Gasteiger partial charge < -0.3 is 20.1 Å². The second kappa shape index (κ2) is 15.9. The molecule has 0 atom stereocenters. The maximum Gasteiger partial charge on any atom is 0.255 e. The number of hydrogen-bond acceptors (Lipinski definition) is 11. The number of carbonyl (C=O) groups is 1. The Morgan fingerprint density at radius 2 is 1.34 bits per heavy atom. The number of nitriles is 1. The predicted octanol–water partition coefficient (Wildman–Crippen LogP) is 3.00. The summed E-state index contributed by atoms with van der Waals surface area (Å²) >= 11 is 0. The van der Waals surface area contributed by atoms with Crippen molar-refractivity contribution in [1.82, 2.24) is 28.9 Å². The highest BCUT2D eigenvalue weighted by atomic mass is 32.2. The lowest BCUT2D eigenvalue weighted by Gasteiger charge is -2.34. The van der Waals surface area contributed by atoms with E-state index in [0.29, 0.717) is 85.7 Å². The molecule has 0 bridgehead atoms. The van der Waals surface area contributed by atoms with Crippen LogP contribution in [0, 0.1) is 17.1 Å². The Balaban J connectivity index is 0.000000247. The van der Waals surface area contributed by atoms with Crippen LogP contribution in [0.1, 0.15) is 35.3 Å². The maximum absolute atomic E-state index is 15.0. The van der Waals surface area contributed by atoms with Gasteiger partial charge in [-0.25, -0.2) is 31.2 Å². The first-order valence-electron chi connectivity index (χ1n) is 17.7. The van der Waals surface area contributed by atoms with Gasteiger partial charge >= 0.3 is 0 Å². The molecule has 15 nitrogen and oxygen atoms in total. The third-order valence-corrected chi connectivity index (χ3v) is 12.5. The number of anilines is 2. The van der Waals surface area contributed by atoms with Crippen molar-refractivity contribution in [3.8, 4) is 6.07 Å². The summed E-state index contributed by atoms with van der Waals surface area (Å²) in [6, 6.07) is 18.6. The number of aromatic amines is 1. The largest absolute Gasteiger partial charge is 0.354 e. The van der Waals surface area contributed by atoms with Crippen LogP contribution < -0.4 is 20.5 Å². The molecule has 5 heterocycles. The Bertz CT molecular complexity index is 2580. The SMILES string of the molecule is CC(C)(NC(=O)c1cc2[nH]c3ccccc3c(=O)c2cc1F)c1ccc(N2CCN(S(C)(=O)=O)CC2)nc1.CS(=O)(=O)N1CCN(c2ccc(C#N)cn2)CC1. The molecule has 7 rings (SSSR count). The van der Waals surface area contributed by atoms with Gasteiger partial charge in [-0.15, -0.1) is 0 Å². The van der Waals surface area contributed by atoms with Gasteiger partial charge in [0.2, 0.25) is 20.0 Å². The van der Waals surface area contributed by atoms with Crippen molar-refractivity contribution in [2.75, 3.05) is 74.7 Å². The minimum atomic E-state index is -3.22. The lowest BCUT2D eigenvalue weighted by molar-refractivity contribution is 0.0908. The van der Waals surface area contributed by atoms with Crippen LogP contribution >= 0.6 is 0 Å². The number of para-hydroxylation sites is 1. The number of halogens is 1. The van der Waals surface area contributed by atoms with Gasteiger partial charge in [0.25, 0.3) is 5.91 Å². The van der Waals surface area contributed by atoms with E-state index in [1.807, 2.05) is 28.0 Å². The first kappa shape index (κ1) is 40.2. The highest BCUT2D eigenvalue weighted by Crippen LogP contribution is 2.25. The van der Waals surface area contributed by atoms with Crippen molar-refractivity contribution in [3.63, 3.8) is 0 Å². The van der Waals surface area contributed by atoms with Crippen LogP contribution in [0.2, 0.25) is 0 Å². The molecular formula is C38H42FN9O6S2. The highest BCUT2D eigenvalue weighted by molar-refractivity contribution is 7.88. The van der Waals surface area contributed by atoms with Crippen molar-refractivity contribution in [2.45, 2.75) is 19.4 Å². The number of carbonyl (C=O) groups excluding carboxylic acids is 1. The van der Waals surface area contributed by atoms with E-state index in [2.05, 4.69) is 20.3 Å². The van der Waals surface area contributed by atoms with E-state index in [1.54, 1.807) is 56.4 Å². The van der Waals surface area contributed by atoms with E-state index in [-0.39, 0.29) is 16.4 Å². The van der Waals surface area contributed by atoms with Crippen LogP contribution in [0.15, 0.2) is 77.9 Å². The smallest absolute Gasteiger partial charge is 0.255 e. The highest BCUT2D eigenvalue weighted by Gasteiger charge is 2.28. The summed E-state index contributed by atoms with van der Waals surface area (Å²) in [6.45, 7) is 7.60. The summed E-state index contributed by atoms with van der Waals surface area (Å²) < 4.78 is 64.2. The van der Waals surface area contributed by atoms with Crippen LogP contribution in [-0.4, -0.2) is 111 Å². The van der Waals surface area contributed by atoms with Crippen molar-refractivity contribution < 1.29 is 26.0 Å². The molecule has 0 radical (unpaired) electrons. The van der Waals surface area contributed by atoms with E-state index in [1.165, 1.54) is 33.4 Å². The number of H-pyrrole nitrogens is 1. The fourth-order valence-corrected chi connectivity index (χ4v) is 8.28. The molecule has 56 heavy (non-hydrogen) atoms. The fraction of sp³-hybridized carbons (Fsp3) is 0.342. The summed E-state index contributed by atoms with van der Waals surface area (Å²) in [5.41, 5.74) is 0.857. The predicted molar refractivity (Wildman–Crippen MR) is 213 cm³/mol. The number of amides is 1. The third kappa shape index (κ3) is 8.97. The van der Waals surface area contributed by atoms with Crippen molar-refractivity contribution in [2.24, 2.45) is 0 Å². The Hall–Kier alpha value is -5.48. The number of pyridine rings is 3. The zero-order valence-corrected chi connectivity index (χ0v) is 33.0. The molecule has 2 aliphatic rings. The van der Waals surface area contributed by atoms with E-state index in [9.17, 15) is 26.4 Å². The van der Waals surface area contributed by atoms with Gasteiger partial charge in [-0.1, -0.05) is 18.2 Å². The Morgan fingerprint density at radius 3 is 1.84 bits per heavy atom. The number of fused-ring (bicyclic) bond motifs is 2. The second-order valence-electron chi connectivity index (χ2n) is 14.2. The second-order valence-corrected chi connectivity index (χ2v) is 18.1. The number of sulfonamides is 2. The lowest BCUT2D eigenvalue weighted by atomic mass is 9.95. The van der Waals surface area contributed by atoms with Gasteiger partial charge in [-0.2, -0.15) is 13.9 Å². The van der Waals surface area contributed by atoms with Crippen LogP contribution in [0.25, 0.3) is 21.8 Å². The third-order valence-electron chi connectivity index (χ3n) is 9.87. The topological polar surface area (TPSA) is 193 Å². The van der Waals surface area contributed by atoms with Crippen molar-refractivity contribution in [1.29, 1.82) is 5.26 Å². The molecule has 294 valence electrons. The van der Waals surface area contributed by atoms with Crippen LogP contribution in [-0.2, 0) is 25.6 Å². The van der Waals surface area contributed by atoms with Gasteiger partial charge in [0.05, 0.1) is 34.7 Å². The first-order valence-corrected chi connectivity index (χ1v) is 21.4. The molecule has 0 saturated carbocycles. The average molecular weight is 804 g/mol. The molecule has 5 aromatic rings. The number of hydrogen-bond donors (Lipinski definition) is 2. The van der Waals surface area contributed by atoms with Gasteiger partial charge in [0.15, 0.2) is 5.43 Å². The molecule has 2 saturated heterocycles. The fourth-order valence-electron chi connectivity index (χ4n) is 6.62. The van der Waals surface area contributed by atoms with Crippen LogP contribution in [0.3, 0.4) is 0 Å². The number of benzene rings is 2. The van der Waals surface area contributed by atoms with Gasteiger partial charge in [0, 0.05) is 81.0 Å². The minimum absolute atomic E-state index is 0.175. The summed E-state index contributed by atoms with van der Waals surface area (Å²) in [6.07, 6.45) is 5.61. The van der Waals surface area contributed by atoms with Crippen molar-refractivity contribution >= 4 is 59.4 Å². The number of nitrogens with zero attached hydrogens (tertiary/aromatic N) is 7. The molecule has 2 N–H and O–H groups in total. The van der Waals surface area contributed by atoms with Gasteiger partial charge in [-0.05, 0) is 61.9 Å². The quantitative estimate of drug-likeness (QED) is 0.230. The molecular weight excluding hydrogens is 762 g/mol. The number of piperazine rings is 2. The molecule has 2 fully saturated rings. The maximum atomic E-state index is 15.0. The Kier molecular flexibility index (Phi) is 11.4. The molecule has 0 aliphatic carbocycles. The molecule has 0 unspecified atom stereocenters. The molecule has 0 spiro atoms. The van der Waals surface area contributed by atoms with E-state index in [0.717, 1.165) is 11.9 Å². The van der Waals surface area contributed by atoms with E-state index >= 15 is 4.39 Å². The van der Waals surface area contributed by atoms with Gasteiger partial charge in [0.1, 0.15) is 23.5 Å². The molecule has 1 amide bonds. The Labute approximate surface area is 324 Å². The van der Waals surface area contributed by atoms with Crippen LogP contribution in [0.4, 0.5) is 16.0 Å². The summed E-state index contributed by atoms with van der Waals surface area (Å²) in [7, 11) is -6.32. The van der Waals surface area contributed by atoms with Crippen molar-refractivity contribution in [3.05, 3.63) is 106 Å². The van der Waals surface area contributed by atoms with E-state index in [4.69, 9.17) is 5.26 Å². The minimum Gasteiger partial charge on any atom is -0.354 e. The summed E-state index contributed by atoms with van der Waals surface area (Å²) in [5.74, 6) is 0.0839. The molecule has 2 aromatic carbocycles. The monoisotopic (exact) mass is 803 g/mol. The normalized spacial score (nSPS) is 15.9. The standard InChI is InChI=1S/C27H28FN5O4S.C11H14N4O2S/c1-27(2,17-8-9-24(29-16-17)32-10-12-33(13-11-32)38(3,36)37)31-26(35)19-15-23-20(14-21(19)28)25(34)18-6-4-5-7-22(18)30-23;1-18(16,17)15-6-4-14(5-7-15)11-3-2-10(8-12)9-13-11/h4-9,14-16H,10-13H2,1-3H3,(H,30,34)(H,31,35);2-3,9H,4-7H2,1H3. The molecule has 3 aromatic heterocycles. The Morgan fingerprint density at radius 1 is 0.786 bits per heavy atom. The first-order chi connectivity index (χ1) is 26.4. The lowest BCUT2D eigenvalue weighted by Crippen LogP contribution is -2.48. The average Bonchev–Trinajstić information content (AvgIpc) is 3.18. The number of aromatic nitrogens is 3. The number of nitrogens with one attached hydrogen (secondary N) is 2. The zero-order chi connectivity index (χ0) is 40.4. The molecule has 18 heteroatoms. The van der Waals surface area contributed by atoms with Gasteiger partial charge in [-0.3, -0.25) is 9.59 Å². The number of rotatable bonds is 7. The summed E-state index contributed by atoms with van der Waals surface area (Å²) in [4.78, 5) is 41.8.